The van der Waals surface area contributed by atoms with Gasteiger partial charge in [-0.15, -0.1) is 0 Å². The van der Waals surface area contributed by atoms with Crippen LogP contribution in [0.3, 0.4) is 0 Å². The fraction of sp³-hybridized carbons (Fsp3) is 0.300. The minimum absolute atomic E-state index is 0.0347. The minimum Gasteiger partial charge on any atom is -0.465 e. The van der Waals surface area contributed by atoms with E-state index in [9.17, 15) is 9.59 Å². The van der Waals surface area contributed by atoms with Crippen LogP contribution in [0.4, 0.5) is 0 Å². The summed E-state index contributed by atoms with van der Waals surface area (Å²) in [6, 6.07) is 0. The van der Waals surface area contributed by atoms with Gasteiger partial charge in [0.15, 0.2) is 0 Å². The van der Waals surface area contributed by atoms with Gasteiger partial charge in [0.25, 0.3) is 0 Å². The Bertz CT molecular complexity index is 433. The van der Waals surface area contributed by atoms with Crippen LogP contribution in [0, 0.1) is 11.8 Å². The topological polar surface area (TPSA) is 72.0 Å². The van der Waals surface area contributed by atoms with E-state index in [1.807, 2.05) is 0 Å². The summed E-state index contributed by atoms with van der Waals surface area (Å²) in [5.41, 5.74) is 0.129. The highest BCUT2D eigenvalue weighted by atomic mass is 16.5. The van der Waals surface area contributed by atoms with Gasteiger partial charge < -0.3 is 9.72 Å². The van der Waals surface area contributed by atoms with E-state index in [0.717, 1.165) is 0 Å². The first kappa shape index (κ1) is 11.0. The average Bonchev–Trinajstić information content (AvgIpc) is 2.21. The van der Waals surface area contributed by atoms with Crippen LogP contribution >= 0.6 is 0 Å². The molecular weight excluding hydrogens is 196 g/mol. The average molecular weight is 206 g/mol. The Balaban J connectivity index is 2.55. The molecule has 0 aliphatic heterocycles. The molecule has 0 unspecified atom stereocenters. The predicted molar refractivity (Wildman–Crippen MR) is 53.0 cm³/mol. The number of carbonyl (C=O) groups excluding carboxylic acids is 1. The lowest BCUT2D eigenvalue weighted by Crippen LogP contribution is -2.08. The summed E-state index contributed by atoms with van der Waals surface area (Å²) in [7, 11) is 0. The number of hydrogen-bond donors (Lipinski definition) is 1. The fourth-order valence-electron chi connectivity index (χ4n) is 0.841. The van der Waals surface area contributed by atoms with Gasteiger partial charge in [-0.1, -0.05) is 11.8 Å². The molecule has 78 valence electrons. The van der Waals surface area contributed by atoms with Crippen LogP contribution in [0.5, 0.6) is 0 Å². The zero-order chi connectivity index (χ0) is 11.1. The molecule has 0 aliphatic carbocycles. The van der Waals surface area contributed by atoms with E-state index in [-0.39, 0.29) is 12.4 Å². The molecule has 0 saturated carbocycles. The SMILES string of the molecule is CCOC(=O)CC#Cc1cnc(=O)[nH]c1. The molecule has 5 heteroatoms. The molecule has 0 amide bonds. The highest BCUT2D eigenvalue weighted by Crippen LogP contribution is 1.88. The molecule has 0 atom stereocenters. The molecule has 1 heterocycles. The van der Waals surface area contributed by atoms with Crippen molar-refractivity contribution in [2.24, 2.45) is 0 Å². The van der Waals surface area contributed by atoms with E-state index in [0.29, 0.717) is 12.2 Å². The Hall–Kier alpha value is -2.09. The van der Waals surface area contributed by atoms with Gasteiger partial charge in [-0.3, -0.25) is 4.79 Å². The summed E-state index contributed by atoms with van der Waals surface area (Å²) in [5.74, 6) is 4.94. The number of esters is 1. The number of rotatable bonds is 2. The van der Waals surface area contributed by atoms with Crippen molar-refractivity contribution >= 4 is 5.97 Å². The zero-order valence-electron chi connectivity index (χ0n) is 8.24. The molecule has 0 fully saturated rings. The molecule has 15 heavy (non-hydrogen) atoms. The molecule has 1 aromatic rings. The Labute approximate surface area is 86.5 Å². The van der Waals surface area contributed by atoms with Gasteiger partial charge in [-0.05, 0) is 6.92 Å². The van der Waals surface area contributed by atoms with Crippen molar-refractivity contribution in [3.05, 3.63) is 28.4 Å². The molecule has 1 rings (SSSR count). The Morgan fingerprint density at radius 1 is 1.67 bits per heavy atom. The normalized spacial score (nSPS) is 8.87. The monoisotopic (exact) mass is 206 g/mol. The number of hydrogen-bond acceptors (Lipinski definition) is 4. The van der Waals surface area contributed by atoms with Crippen LogP contribution in [-0.4, -0.2) is 22.5 Å². The Kier molecular flexibility index (Phi) is 4.10. The minimum atomic E-state index is -0.425. The van der Waals surface area contributed by atoms with Crippen LogP contribution in [-0.2, 0) is 9.53 Å². The summed E-state index contributed by atoms with van der Waals surface area (Å²) >= 11 is 0. The third-order valence-electron chi connectivity index (χ3n) is 1.44. The van der Waals surface area contributed by atoms with Crippen LogP contribution in [0.15, 0.2) is 17.2 Å². The van der Waals surface area contributed by atoms with Crippen molar-refractivity contribution in [3.63, 3.8) is 0 Å². The summed E-state index contributed by atoms with van der Waals surface area (Å²) in [6.45, 7) is 2.08. The van der Waals surface area contributed by atoms with Crippen LogP contribution in [0.1, 0.15) is 18.9 Å². The van der Waals surface area contributed by atoms with Crippen LogP contribution < -0.4 is 5.69 Å². The van der Waals surface area contributed by atoms with E-state index in [4.69, 9.17) is 0 Å². The maximum Gasteiger partial charge on any atom is 0.344 e. The van der Waals surface area contributed by atoms with Crippen molar-refractivity contribution in [1.82, 2.24) is 9.97 Å². The molecular formula is C10H10N2O3. The fourth-order valence-corrected chi connectivity index (χ4v) is 0.841. The number of H-pyrrole nitrogens is 1. The van der Waals surface area contributed by atoms with Gasteiger partial charge in [-0.25, -0.2) is 9.78 Å². The van der Waals surface area contributed by atoms with Gasteiger partial charge in [0, 0.05) is 12.4 Å². The smallest absolute Gasteiger partial charge is 0.344 e. The molecule has 5 nitrogen and oxygen atoms in total. The van der Waals surface area contributed by atoms with E-state index in [1.165, 1.54) is 12.4 Å². The van der Waals surface area contributed by atoms with Crippen molar-refractivity contribution in [2.45, 2.75) is 13.3 Å². The van der Waals surface area contributed by atoms with Gasteiger partial charge in [0.05, 0.1) is 12.2 Å². The molecule has 0 spiro atoms. The number of aromatic nitrogens is 2. The van der Waals surface area contributed by atoms with Crippen molar-refractivity contribution < 1.29 is 9.53 Å². The lowest BCUT2D eigenvalue weighted by molar-refractivity contribution is -0.141. The van der Waals surface area contributed by atoms with Gasteiger partial charge >= 0.3 is 11.7 Å². The Morgan fingerprint density at radius 3 is 3.07 bits per heavy atom. The second-order valence-corrected chi connectivity index (χ2v) is 2.59. The first-order valence-corrected chi connectivity index (χ1v) is 4.41. The van der Waals surface area contributed by atoms with Crippen molar-refractivity contribution in [2.75, 3.05) is 6.61 Å². The van der Waals surface area contributed by atoms with E-state index >= 15 is 0 Å². The quantitative estimate of drug-likeness (QED) is 0.549. The Morgan fingerprint density at radius 2 is 2.47 bits per heavy atom. The summed E-state index contributed by atoms with van der Waals surface area (Å²) < 4.78 is 4.68. The second-order valence-electron chi connectivity index (χ2n) is 2.59. The number of nitrogens with one attached hydrogen (secondary N) is 1. The maximum atomic E-state index is 10.9. The molecule has 0 aliphatic rings. The number of ether oxygens (including phenoxy) is 1. The van der Waals surface area contributed by atoms with Crippen LogP contribution in [0.2, 0.25) is 0 Å². The molecule has 1 aromatic heterocycles. The lowest BCUT2D eigenvalue weighted by Gasteiger charge is -1.94. The van der Waals surface area contributed by atoms with Gasteiger partial charge in [0.1, 0.15) is 6.42 Å². The standard InChI is InChI=1S/C10H10N2O3/c1-2-15-9(13)5-3-4-8-6-11-10(14)12-7-8/h6-7H,2,5H2,1H3,(H,11,12,14). The highest BCUT2D eigenvalue weighted by Gasteiger charge is 1.95. The zero-order valence-corrected chi connectivity index (χ0v) is 8.24. The third-order valence-corrected chi connectivity index (χ3v) is 1.44. The van der Waals surface area contributed by atoms with E-state index in [2.05, 4.69) is 26.5 Å². The summed E-state index contributed by atoms with van der Waals surface area (Å²) in [5, 5.41) is 0. The first-order valence-electron chi connectivity index (χ1n) is 4.41. The number of nitrogens with zero attached hydrogens (tertiary/aromatic N) is 1. The second kappa shape index (κ2) is 5.60. The predicted octanol–water partition coefficient (Wildman–Crippen LogP) is 0.0746. The first-order chi connectivity index (χ1) is 7.22. The number of aromatic amines is 1. The molecule has 1 N–H and O–H groups in total. The summed E-state index contributed by atoms with van der Waals surface area (Å²) in [4.78, 5) is 27.4. The van der Waals surface area contributed by atoms with Gasteiger partial charge in [-0.2, -0.15) is 0 Å². The third kappa shape index (κ3) is 4.09. The van der Waals surface area contributed by atoms with E-state index in [1.54, 1.807) is 6.92 Å². The molecule has 0 aromatic carbocycles. The molecule has 0 saturated heterocycles. The number of carbonyl (C=O) groups is 1. The summed E-state index contributed by atoms with van der Waals surface area (Å²) in [6.07, 6.45) is 2.82. The maximum absolute atomic E-state index is 10.9. The molecule has 0 bridgehead atoms. The largest absolute Gasteiger partial charge is 0.465 e. The van der Waals surface area contributed by atoms with E-state index < -0.39 is 5.69 Å². The molecule has 0 radical (unpaired) electrons. The highest BCUT2D eigenvalue weighted by molar-refractivity contribution is 5.72. The van der Waals surface area contributed by atoms with Crippen LogP contribution in [0.25, 0.3) is 0 Å². The lowest BCUT2D eigenvalue weighted by atomic mass is 10.3. The van der Waals surface area contributed by atoms with Crippen molar-refractivity contribution in [3.8, 4) is 11.8 Å². The van der Waals surface area contributed by atoms with Gasteiger partial charge in [0.2, 0.25) is 0 Å². The van der Waals surface area contributed by atoms with Crippen molar-refractivity contribution in [1.29, 1.82) is 0 Å².